The first-order valence-electron chi connectivity index (χ1n) is 15.9. The lowest BCUT2D eigenvalue weighted by Crippen LogP contribution is -2.55. The third-order valence-electron chi connectivity index (χ3n) is 10.4. The first-order chi connectivity index (χ1) is 22.5. The fraction of sp³-hybridized carbons (Fsp3) is 0.457. The van der Waals surface area contributed by atoms with Gasteiger partial charge in [-0.2, -0.15) is 9.97 Å². The quantitative estimate of drug-likeness (QED) is 0.202. The number of phenolic OH excluding ortho intramolecular Hbond substituents is 1. The Morgan fingerprint density at radius 2 is 1.87 bits per heavy atom. The summed E-state index contributed by atoms with van der Waals surface area (Å²) in [5.74, 6) is 0.187. The van der Waals surface area contributed by atoms with Gasteiger partial charge in [-0.15, -0.1) is 6.42 Å². The summed E-state index contributed by atoms with van der Waals surface area (Å²) in [6.07, 6.45) is 6.18. The van der Waals surface area contributed by atoms with Crippen LogP contribution in [-0.2, 0) is 0 Å². The number of aromatic nitrogens is 3. The van der Waals surface area contributed by atoms with E-state index in [1.54, 1.807) is 13.8 Å². The molecule has 3 aliphatic rings. The predicted molar refractivity (Wildman–Crippen MR) is 172 cm³/mol. The number of pyridine rings is 1. The molecule has 2 bridgehead atoms. The number of halogens is 4. The van der Waals surface area contributed by atoms with Crippen LogP contribution in [0.15, 0.2) is 30.5 Å². The number of nitrogens with zero attached hydrogens (tertiary/aromatic N) is 5. The second-order valence-corrected chi connectivity index (χ2v) is 13.4. The number of likely N-dealkylation sites (tertiary alicyclic amines) is 1. The van der Waals surface area contributed by atoms with Crippen LogP contribution >= 0.6 is 0 Å². The number of nitrogens with one attached hydrogen (secondary N) is 1. The molecule has 0 radical (unpaired) electrons. The van der Waals surface area contributed by atoms with Crippen LogP contribution in [0.5, 0.6) is 11.8 Å². The third kappa shape index (κ3) is 5.39. The fourth-order valence-corrected chi connectivity index (χ4v) is 7.83. The van der Waals surface area contributed by atoms with Gasteiger partial charge in [-0.3, -0.25) is 4.98 Å². The van der Waals surface area contributed by atoms with E-state index in [0.29, 0.717) is 49.2 Å². The van der Waals surface area contributed by atoms with E-state index in [-0.39, 0.29) is 51.6 Å². The summed E-state index contributed by atoms with van der Waals surface area (Å²) in [4.78, 5) is 17.8. The van der Waals surface area contributed by atoms with Crippen LogP contribution in [0.2, 0.25) is 0 Å². The number of rotatable bonds is 6. The second kappa shape index (κ2) is 11.8. The smallest absolute Gasteiger partial charge is 0.319 e. The molecule has 2 N–H and O–H groups in total. The Labute approximate surface area is 270 Å². The molecule has 5 atom stereocenters. The highest BCUT2D eigenvalue weighted by Gasteiger charge is 2.48. The molecule has 0 aliphatic carbocycles. The molecule has 2 aromatic heterocycles. The van der Waals surface area contributed by atoms with Gasteiger partial charge in [0.15, 0.2) is 5.82 Å². The van der Waals surface area contributed by atoms with Crippen LogP contribution in [0.4, 0.5) is 23.4 Å². The predicted octanol–water partition coefficient (Wildman–Crippen LogP) is 5.74. The molecule has 0 amide bonds. The summed E-state index contributed by atoms with van der Waals surface area (Å²) in [5.41, 5.74) is -1.22. The van der Waals surface area contributed by atoms with Gasteiger partial charge in [-0.1, -0.05) is 18.9 Å². The summed E-state index contributed by atoms with van der Waals surface area (Å²) in [6.45, 7) is 5.70. The van der Waals surface area contributed by atoms with Crippen LogP contribution in [0, 0.1) is 35.3 Å². The first kappa shape index (κ1) is 31.4. The van der Waals surface area contributed by atoms with Crippen molar-refractivity contribution >= 4 is 27.5 Å². The topological polar surface area (TPSA) is 86.6 Å². The number of alkyl halides is 2. The Balaban J connectivity index is 1.39. The van der Waals surface area contributed by atoms with Crippen molar-refractivity contribution in [1.29, 1.82) is 0 Å². The number of aromatic hydroxyl groups is 1. The number of anilines is 1. The zero-order valence-corrected chi connectivity index (χ0v) is 26.4. The SMILES string of the molecule is C#Cc1c(F)ccc2cc(O)cc(-c3ncc4c(N5C[C@H]6CC[C@@H](C5)N6)nc(OC(C)[C@]5(C)CN(C)CC[C@@H]5C(F)F)nc4c3F)c12. The number of ether oxygens (including phenoxy) is 1. The molecule has 12 heteroatoms. The minimum atomic E-state index is -2.54. The maximum Gasteiger partial charge on any atom is 0.319 e. The minimum Gasteiger partial charge on any atom is -0.508 e. The van der Waals surface area contributed by atoms with Crippen molar-refractivity contribution in [2.45, 2.75) is 57.7 Å². The van der Waals surface area contributed by atoms with E-state index in [4.69, 9.17) is 16.1 Å². The molecule has 5 heterocycles. The van der Waals surface area contributed by atoms with Crippen LogP contribution in [0.3, 0.4) is 0 Å². The summed E-state index contributed by atoms with van der Waals surface area (Å²) >= 11 is 0. The molecule has 47 heavy (non-hydrogen) atoms. The van der Waals surface area contributed by atoms with E-state index < -0.39 is 35.5 Å². The molecule has 246 valence electrons. The number of hydrogen-bond acceptors (Lipinski definition) is 8. The van der Waals surface area contributed by atoms with Gasteiger partial charge in [0.05, 0.1) is 10.9 Å². The van der Waals surface area contributed by atoms with Crippen molar-refractivity contribution in [3.05, 3.63) is 47.7 Å². The highest BCUT2D eigenvalue weighted by molar-refractivity contribution is 6.03. The van der Waals surface area contributed by atoms with Crippen LogP contribution in [0.25, 0.3) is 32.9 Å². The van der Waals surface area contributed by atoms with E-state index in [0.717, 1.165) is 12.8 Å². The standard InChI is InChI=1S/C35H36F4N6O2/c1-5-23-27(36)9-6-19-12-22(46)13-24(28(19)23)30-29(37)31-25(14-40-30)33(45-15-20-7-8-21(16-45)41-20)43-34(42-31)47-18(2)35(3)17-44(4)11-10-26(35)32(38)39/h1,6,9,12-14,18,20-21,26,32,41,46H,7-8,10-11,15-17H2,2-4H3/t18?,20-,21+,26-,35+/m1/s1. The van der Waals surface area contributed by atoms with E-state index in [1.165, 1.54) is 30.5 Å². The average Bonchev–Trinajstić information content (AvgIpc) is 3.37. The van der Waals surface area contributed by atoms with Crippen molar-refractivity contribution < 1.29 is 27.4 Å². The molecule has 0 spiro atoms. The number of hydrogen-bond donors (Lipinski definition) is 2. The van der Waals surface area contributed by atoms with Gasteiger partial charge < -0.3 is 25.0 Å². The maximum absolute atomic E-state index is 16.9. The Kier molecular flexibility index (Phi) is 7.88. The summed E-state index contributed by atoms with van der Waals surface area (Å²) in [5, 5.41) is 15.1. The van der Waals surface area contributed by atoms with Gasteiger partial charge in [-0.05, 0) is 63.4 Å². The maximum atomic E-state index is 16.9. The third-order valence-corrected chi connectivity index (χ3v) is 10.4. The molecule has 7 rings (SSSR count). The molecule has 2 aromatic carbocycles. The summed E-state index contributed by atoms with van der Waals surface area (Å²) in [6, 6.07) is 5.69. The van der Waals surface area contributed by atoms with Crippen molar-refractivity contribution in [1.82, 2.24) is 25.2 Å². The normalized spacial score (nSPS) is 25.4. The Bertz CT molecular complexity index is 1910. The Morgan fingerprint density at radius 3 is 2.57 bits per heavy atom. The van der Waals surface area contributed by atoms with Crippen molar-refractivity contribution in [2.24, 2.45) is 11.3 Å². The van der Waals surface area contributed by atoms with E-state index in [2.05, 4.69) is 26.1 Å². The molecular weight excluding hydrogens is 612 g/mol. The van der Waals surface area contributed by atoms with Crippen LogP contribution in [-0.4, -0.2) is 82.8 Å². The van der Waals surface area contributed by atoms with Crippen molar-refractivity contribution in [2.75, 3.05) is 38.1 Å². The first-order valence-corrected chi connectivity index (χ1v) is 15.9. The van der Waals surface area contributed by atoms with Gasteiger partial charge in [0.25, 0.3) is 0 Å². The lowest BCUT2D eigenvalue weighted by Gasteiger charge is -2.47. The van der Waals surface area contributed by atoms with Gasteiger partial charge in [0, 0.05) is 60.2 Å². The van der Waals surface area contributed by atoms with Crippen LogP contribution in [0.1, 0.15) is 38.7 Å². The highest BCUT2D eigenvalue weighted by Crippen LogP contribution is 2.44. The molecule has 3 aliphatic heterocycles. The number of benzene rings is 2. The lowest BCUT2D eigenvalue weighted by molar-refractivity contribution is -0.0966. The molecule has 3 fully saturated rings. The van der Waals surface area contributed by atoms with Crippen LogP contribution < -0.4 is 15.0 Å². The number of terminal acetylenes is 1. The van der Waals surface area contributed by atoms with E-state index >= 15 is 4.39 Å². The second-order valence-electron chi connectivity index (χ2n) is 13.4. The van der Waals surface area contributed by atoms with Gasteiger partial charge >= 0.3 is 6.01 Å². The molecule has 0 saturated carbocycles. The summed E-state index contributed by atoms with van der Waals surface area (Å²) < 4.78 is 66.6. The van der Waals surface area contributed by atoms with Crippen molar-refractivity contribution in [3.8, 4) is 35.4 Å². The van der Waals surface area contributed by atoms with E-state index in [9.17, 15) is 18.3 Å². The molecular formula is C35H36F4N6O2. The number of phenols is 1. The largest absolute Gasteiger partial charge is 0.508 e. The zero-order valence-electron chi connectivity index (χ0n) is 26.4. The molecule has 3 saturated heterocycles. The Hall–Kier alpha value is -4.21. The monoisotopic (exact) mass is 648 g/mol. The number of fused-ring (bicyclic) bond motifs is 4. The molecule has 1 unspecified atom stereocenters. The fourth-order valence-electron chi connectivity index (χ4n) is 7.83. The number of piperazine rings is 1. The average molecular weight is 649 g/mol. The molecule has 8 nitrogen and oxygen atoms in total. The van der Waals surface area contributed by atoms with Gasteiger partial charge in [0.2, 0.25) is 6.43 Å². The highest BCUT2D eigenvalue weighted by atomic mass is 19.3. The van der Waals surface area contributed by atoms with Gasteiger partial charge in [-0.25, -0.2) is 17.6 Å². The summed E-state index contributed by atoms with van der Waals surface area (Å²) in [7, 11) is 1.89. The number of piperidine rings is 1. The zero-order chi connectivity index (χ0) is 33.2. The minimum absolute atomic E-state index is 0.0874. The van der Waals surface area contributed by atoms with E-state index in [1.807, 2.05) is 11.9 Å². The Morgan fingerprint density at radius 1 is 1.13 bits per heavy atom. The lowest BCUT2D eigenvalue weighted by atomic mass is 9.69. The van der Waals surface area contributed by atoms with Gasteiger partial charge in [0.1, 0.15) is 34.7 Å². The van der Waals surface area contributed by atoms with Crippen molar-refractivity contribution in [3.63, 3.8) is 0 Å². The molecule has 4 aromatic rings.